The minimum absolute atomic E-state index is 0.209. The van der Waals surface area contributed by atoms with Crippen LogP contribution in [-0.2, 0) is 0 Å². The number of H-pyrrole nitrogens is 1. The first-order valence-electron chi connectivity index (χ1n) is 6.67. The lowest BCUT2D eigenvalue weighted by molar-refractivity contribution is 0.102. The quantitative estimate of drug-likeness (QED) is 0.776. The van der Waals surface area contributed by atoms with Gasteiger partial charge in [0.2, 0.25) is 0 Å². The van der Waals surface area contributed by atoms with Crippen molar-refractivity contribution in [2.24, 2.45) is 0 Å². The molecule has 3 aromatic rings. The van der Waals surface area contributed by atoms with Crippen LogP contribution < -0.4 is 5.32 Å². The maximum absolute atomic E-state index is 12.1. The van der Waals surface area contributed by atoms with Gasteiger partial charge in [0.05, 0.1) is 17.3 Å². The van der Waals surface area contributed by atoms with Gasteiger partial charge in [0, 0.05) is 17.4 Å². The second kappa shape index (κ2) is 5.94. The van der Waals surface area contributed by atoms with Crippen LogP contribution in [-0.4, -0.2) is 16.1 Å². The van der Waals surface area contributed by atoms with Gasteiger partial charge in [-0.05, 0) is 48.0 Å². The van der Waals surface area contributed by atoms with E-state index in [1.165, 1.54) is 0 Å². The number of hydrogen-bond donors (Lipinski definition) is 2. The Morgan fingerprint density at radius 1 is 1.05 bits per heavy atom. The Morgan fingerprint density at radius 3 is 2.36 bits per heavy atom. The summed E-state index contributed by atoms with van der Waals surface area (Å²) in [5.74, 6) is -0.209. The van der Waals surface area contributed by atoms with E-state index in [0.29, 0.717) is 16.8 Å². The Morgan fingerprint density at radius 2 is 1.77 bits per heavy atom. The van der Waals surface area contributed by atoms with Crippen LogP contribution >= 0.6 is 0 Å². The summed E-state index contributed by atoms with van der Waals surface area (Å²) in [4.78, 5) is 12.1. The molecule has 22 heavy (non-hydrogen) atoms. The molecule has 1 aromatic heterocycles. The Balaban J connectivity index is 1.72. The molecule has 0 aliphatic rings. The van der Waals surface area contributed by atoms with Crippen molar-refractivity contribution in [2.75, 3.05) is 5.32 Å². The van der Waals surface area contributed by atoms with Crippen LogP contribution in [0.5, 0.6) is 0 Å². The van der Waals surface area contributed by atoms with Gasteiger partial charge in [0.1, 0.15) is 0 Å². The second-order valence-electron chi connectivity index (χ2n) is 4.69. The SMILES string of the molecule is N#Cc1ccc(C(=O)Nc2ccc(-c3ccn[nH]3)cc2)cc1. The predicted octanol–water partition coefficient (Wildman–Crippen LogP) is 3.20. The number of aromatic amines is 1. The maximum Gasteiger partial charge on any atom is 0.255 e. The molecular weight excluding hydrogens is 276 g/mol. The van der Waals surface area contributed by atoms with Gasteiger partial charge in [-0.15, -0.1) is 0 Å². The highest BCUT2D eigenvalue weighted by Crippen LogP contribution is 2.19. The van der Waals surface area contributed by atoms with Gasteiger partial charge >= 0.3 is 0 Å². The predicted molar refractivity (Wildman–Crippen MR) is 83.1 cm³/mol. The average molecular weight is 288 g/mol. The normalized spacial score (nSPS) is 9.95. The largest absolute Gasteiger partial charge is 0.322 e. The lowest BCUT2D eigenvalue weighted by atomic mass is 10.1. The standard InChI is InChI=1S/C17H12N4O/c18-11-12-1-3-14(4-2-12)17(22)20-15-7-5-13(6-8-15)16-9-10-19-21-16/h1-10H,(H,19,21)(H,20,22). The van der Waals surface area contributed by atoms with Crippen LogP contribution in [0.15, 0.2) is 60.8 Å². The molecule has 5 heteroatoms. The summed E-state index contributed by atoms with van der Waals surface area (Å²) < 4.78 is 0. The molecule has 0 aliphatic heterocycles. The van der Waals surface area contributed by atoms with E-state index in [1.54, 1.807) is 30.5 Å². The number of benzene rings is 2. The van der Waals surface area contributed by atoms with Crippen molar-refractivity contribution in [3.05, 3.63) is 71.9 Å². The fraction of sp³-hybridized carbons (Fsp3) is 0. The smallest absolute Gasteiger partial charge is 0.255 e. The van der Waals surface area contributed by atoms with Crippen LogP contribution in [0.1, 0.15) is 15.9 Å². The van der Waals surface area contributed by atoms with Gasteiger partial charge in [0.15, 0.2) is 0 Å². The Kier molecular flexibility index (Phi) is 3.67. The molecule has 5 nitrogen and oxygen atoms in total. The lowest BCUT2D eigenvalue weighted by Crippen LogP contribution is -2.11. The molecule has 2 aromatic carbocycles. The first-order valence-corrected chi connectivity index (χ1v) is 6.67. The second-order valence-corrected chi connectivity index (χ2v) is 4.69. The third-order valence-corrected chi connectivity index (χ3v) is 3.23. The first-order chi connectivity index (χ1) is 10.8. The van der Waals surface area contributed by atoms with E-state index in [0.717, 1.165) is 11.3 Å². The van der Waals surface area contributed by atoms with Gasteiger partial charge < -0.3 is 5.32 Å². The van der Waals surface area contributed by atoms with Crippen LogP contribution in [0, 0.1) is 11.3 Å². The van der Waals surface area contributed by atoms with Crippen molar-refractivity contribution in [2.45, 2.75) is 0 Å². The molecule has 0 aliphatic carbocycles. The van der Waals surface area contributed by atoms with Crippen molar-refractivity contribution in [1.82, 2.24) is 10.2 Å². The number of nitriles is 1. The zero-order valence-electron chi connectivity index (χ0n) is 11.6. The number of amides is 1. The van der Waals surface area contributed by atoms with Gasteiger partial charge in [-0.2, -0.15) is 10.4 Å². The first kappa shape index (κ1) is 13.6. The van der Waals surface area contributed by atoms with E-state index in [4.69, 9.17) is 5.26 Å². The van der Waals surface area contributed by atoms with Gasteiger partial charge in [0.25, 0.3) is 5.91 Å². The van der Waals surface area contributed by atoms with Crippen molar-refractivity contribution >= 4 is 11.6 Å². The number of nitrogens with zero attached hydrogens (tertiary/aromatic N) is 2. The molecule has 0 radical (unpaired) electrons. The third-order valence-electron chi connectivity index (χ3n) is 3.23. The lowest BCUT2D eigenvalue weighted by Gasteiger charge is -2.06. The highest BCUT2D eigenvalue weighted by Gasteiger charge is 2.06. The third kappa shape index (κ3) is 2.86. The van der Waals surface area contributed by atoms with Crippen molar-refractivity contribution in [3.8, 4) is 17.3 Å². The molecule has 0 bridgehead atoms. The summed E-state index contributed by atoms with van der Waals surface area (Å²) in [6.07, 6.45) is 1.69. The highest BCUT2D eigenvalue weighted by molar-refractivity contribution is 6.04. The van der Waals surface area contributed by atoms with Crippen LogP contribution in [0.3, 0.4) is 0 Å². The van der Waals surface area contributed by atoms with Crippen LogP contribution in [0.25, 0.3) is 11.3 Å². The van der Waals surface area contributed by atoms with Gasteiger partial charge in [-0.25, -0.2) is 0 Å². The molecule has 0 saturated carbocycles. The van der Waals surface area contributed by atoms with E-state index in [2.05, 4.69) is 15.5 Å². The zero-order chi connectivity index (χ0) is 15.4. The molecule has 0 saturated heterocycles. The van der Waals surface area contributed by atoms with Crippen molar-refractivity contribution in [3.63, 3.8) is 0 Å². The van der Waals surface area contributed by atoms with E-state index in [-0.39, 0.29) is 5.91 Å². The molecule has 106 valence electrons. The van der Waals surface area contributed by atoms with Crippen molar-refractivity contribution in [1.29, 1.82) is 5.26 Å². The Hall–Kier alpha value is -3.39. The number of aromatic nitrogens is 2. The van der Waals surface area contributed by atoms with Crippen LogP contribution in [0.2, 0.25) is 0 Å². The topological polar surface area (TPSA) is 81.6 Å². The number of nitrogens with one attached hydrogen (secondary N) is 2. The van der Waals surface area contributed by atoms with E-state index in [9.17, 15) is 4.79 Å². The maximum atomic E-state index is 12.1. The van der Waals surface area contributed by atoms with Crippen molar-refractivity contribution < 1.29 is 4.79 Å². The average Bonchev–Trinajstić information content (AvgIpc) is 3.10. The minimum atomic E-state index is -0.209. The number of hydrogen-bond acceptors (Lipinski definition) is 3. The molecule has 1 heterocycles. The molecule has 2 N–H and O–H groups in total. The molecule has 0 fully saturated rings. The van der Waals surface area contributed by atoms with E-state index >= 15 is 0 Å². The monoisotopic (exact) mass is 288 g/mol. The Labute approximate surface area is 127 Å². The Bertz CT molecular complexity index is 813. The van der Waals surface area contributed by atoms with Crippen LogP contribution in [0.4, 0.5) is 5.69 Å². The minimum Gasteiger partial charge on any atom is -0.322 e. The summed E-state index contributed by atoms with van der Waals surface area (Å²) in [7, 11) is 0. The number of rotatable bonds is 3. The summed E-state index contributed by atoms with van der Waals surface area (Å²) in [5.41, 5.74) is 3.66. The number of carbonyl (C=O) groups excluding carboxylic acids is 1. The molecule has 3 rings (SSSR count). The zero-order valence-corrected chi connectivity index (χ0v) is 11.6. The van der Waals surface area contributed by atoms with Gasteiger partial charge in [-0.1, -0.05) is 12.1 Å². The summed E-state index contributed by atoms with van der Waals surface area (Å²) >= 11 is 0. The van der Waals surface area contributed by atoms with E-state index in [1.807, 2.05) is 36.4 Å². The van der Waals surface area contributed by atoms with Gasteiger partial charge in [-0.3, -0.25) is 9.89 Å². The summed E-state index contributed by atoms with van der Waals surface area (Å²) in [6, 6.07) is 17.9. The fourth-order valence-corrected chi connectivity index (χ4v) is 2.05. The molecule has 0 atom stereocenters. The summed E-state index contributed by atoms with van der Waals surface area (Å²) in [6.45, 7) is 0. The number of anilines is 1. The molecule has 0 unspecified atom stereocenters. The molecular formula is C17H12N4O. The molecule has 0 spiro atoms. The fourth-order valence-electron chi connectivity index (χ4n) is 2.05. The molecule has 1 amide bonds. The number of carbonyl (C=O) groups is 1. The highest BCUT2D eigenvalue weighted by atomic mass is 16.1. The van der Waals surface area contributed by atoms with E-state index < -0.39 is 0 Å². The summed E-state index contributed by atoms with van der Waals surface area (Å²) in [5, 5.41) is 18.4.